The first-order valence-electron chi connectivity index (χ1n) is 12.7. The quantitative estimate of drug-likeness (QED) is 0.275. The Balaban J connectivity index is 1.27. The fraction of sp³-hybridized carbons (Fsp3) is 0.207. The van der Waals surface area contributed by atoms with Gasteiger partial charge < -0.3 is 20.7 Å². The number of nitrogens with two attached hydrogens (primary N) is 1. The van der Waals surface area contributed by atoms with E-state index in [0.29, 0.717) is 15.6 Å². The number of primary amides is 1. The number of piperazine rings is 1. The Morgan fingerprint density at radius 1 is 1.08 bits per heavy atom. The summed E-state index contributed by atoms with van der Waals surface area (Å²) >= 11 is 7.62. The number of benzene rings is 2. The van der Waals surface area contributed by atoms with Crippen LogP contribution in [0.3, 0.4) is 0 Å². The molecule has 1 aliphatic rings. The fourth-order valence-electron chi connectivity index (χ4n) is 4.80. The summed E-state index contributed by atoms with van der Waals surface area (Å²) in [5.74, 6) is 0.871. The van der Waals surface area contributed by atoms with Crippen molar-refractivity contribution in [2.24, 2.45) is 5.73 Å². The number of rotatable bonds is 7. The number of amides is 1. The van der Waals surface area contributed by atoms with Gasteiger partial charge in [0.15, 0.2) is 0 Å². The molecule has 0 bridgehead atoms. The van der Waals surface area contributed by atoms with Crippen molar-refractivity contribution >= 4 is 45.7 Å². The number of nitrogens with one attached hydrogen (secondary N) is 1. The van der Waals surface area contributed by atoms with E-state index in [-0.39, 0.29) is 6.10 Å². The number of aromatic nitrogens is 3. The number of carbonyl (C=O) groups excluding carboxylic acids is 1. The van der Waals surface area contributed by atoms with E-state index in [0.717, 1.165) is 64.7 Å². The number of pyridine rings is 1. The molecular weight excluding hydrogens is 532 g/mol. The molecule has 1 aliphatic heterocycles. The second kappa shape index (κ2) is 10.7. The Morgan fingerprint density at radius 2 is 1.87 bits per heavy atom. The number of anilines is 1. The molecule has 1 saturated heterocycles. The van der Waals surface area contributed by atoms with Crippen LogP contribution in [0.5, 0.6) is 5.75 Å². The average molecular weight is 559 g/mol. The van der Waals surface area contributed by atoms with Gasteiger partial charge in [-0.25, -0.2) is 9.97 Å². The van der Waals surface area contributed by atoms with Crippen molar-refractivity contribution < 1.29 is 9.53 Å². The van der Waals surface area contributed by atoms with Crippen molar-refractivity contribution in [3.8, 4) is 21.9 Å². The summed E-state index contributed by atoms with van der Waals surface area (Å²) in [6.45, 7) is 5.76. The van der Waals surface area contributed by atoms with E-state index < -0.39 is 5.91 Å². The van der Waals surface area contributed by atoms with Crippen LogP contribution in [0.4, 0.5) is 5.82 Å². The Hall–Kier alpha value is -3.92. The van der Waals surface area contributed by atoms with Crippen LogP contribution in [0.25, 0.3) is 27.2 Å². The van der Waals surface area contributed by atoms with Gasteiger partial charge in [-0.1, -0.05) is 35.9 Å². The number of fused-ring (bicyclic) bond motifs is 1. The second-order valence-electron chi connectivity index (χ2n) is 9.38. The molecule has 4 heterocycles. The molecule has 6 rings (SSSR count). The SMILES string of the molecule is C[C@@H](Oc1cc(-n2cnc3cc(-c4ccc(N5CCNCC5)nc4)ccc32)sc1C(N)=O)c1ccccc1Cl. The summed E-state index contributed by atoms with van der Waals surface area (Å²) in [5.41, 5.74) is 10.3. The number of nitrogens with zero attached hydrogens (tertiary/aromatic N) is 4. The van der Waals surface area contributed by atoms with Gasteiger partial charge in [0.1, 0.15) is 33.9 Å². The summed E-state index contributed by atoms with van der Waals surface area (Å²) in [4.78, 5) is 24.2. The van der Waals surface area contributed by atoms with E-state index in [1.165, 1.54) is 11.3 Å². The molecule has 0 unspecified atom stereocenters. The molecule has 3 aromatic heterocycles. The van der Waals surface area contributed by atoms with Crippen molar-refractivity contribution in [2.45, 2.75) is 13.0 Å². The first-order chi connectivity index (χ1) is 19.0. The maximum absolute atomic E-state index is 12.3. The van der Waals surface area contributed by atoms with Crippen LogP contribution in [0, 0.1) is 0 Å². The highest BCUT2D eigenvalue weighted by molar-refractivity contribution is 7.16. The highest BCUT2D eigenvalue weighted by Crippen LogP contribution is 2.37. The fourth-order valence-corrected chi connectivity index (χ4v) is 6.02. The molecule has 8 nitrogen and oxygen atoms in total. The number of hydrogen-bond acceptors (Lipinski definition) is 7. The number of hydrogen-bond donors (Lipinski definition) is 2. The minimum Gasteiger partial charge on any atom is -0.484 e. The monoisotopic (exact) mass is 558 g/mol. The molecule has 0 saturated carbocycles. The predicted molar refractivity (Wildman–Crippen MR) is 156 cm³/mol. The van der Waals surface area contributed by atoms with Crippen molar-refractivity contribution in [3.63, 3.8) is 0 Å². The van der Waals surface area contributed by atoms with Gasteiger partial charge >= 0.3 is 0 Å². The van der Waals surface area contributed by atoms with E-state index in [4.69, 9.17) is 27.1 Å². The lowest BCUT2D eigenvalue weighted by Crippen LogP contribution is -2.43. The van der Waals surface area contributed by atoms with E-state index in [1.54, 1.807) is 6.33 Å². The number of thiophene rings is 1. The molecular formula is C29H27ClN6O2S. The van der Waals surface area contributed by atoms with Gasteiger partial charge in [0, 0.05) is 54.6 Å². The van der Waals surface area contributed by atoms with Gasteiger partial charge in [0.25, 0.3) is 5.91 Å². The summed E-state index contributed by atoms with van der Waals surface area (Å²) in [6.07, 6.45) is 3.29. The third-order valence-corrected chi connectivity index (χ3v) is 8.34. The molecule has 0 radical (unpaired) electrons. The molecule has 1 amide bonds. The lowest BCUT2D eigenvalue weighted by Gasteiger charge is -2.28. The average Bonchev–Trinajstić information content (AvgIpc) is 3.57. The normalized spacial score (nSPS) is 14.5. The zero-order valence-electron chi connectivity index (χ0n) is 21.3. The minimum atomic E-state index is -0.545. The molecule has 3 N–H and O–H groups in total. The second-order valence-corrected chi connectivity index (χ2v) is 10.8. The summed E-state index contributed by atoms with van der Waals surface area (Å²) < 4.78 is 8.11. The molecule has 1 atom stereocenters. The van der Waals surface area contributed by atoms with Gasteiger partial charge in [0.05, 0.1) is 11.0 Å². The molecule has 0 aliphatic carbocycles. The molecule has 1 fully saturated rings. The smallest absolute Gasteiger partial charge is 0.262 e. The summed E-state index contributed by atoms with van der Waals surface area (Å²) in [6, 6.07) is 19.6. The standard InChI is InChI=1S/C29H27ClN6O2S/c1-18(21-4-2-3-5-22(21)30)38-25-15-27(39-28(25)29(31)37)36-17-34-23-14-19(6-8-24(23)36)20-7-9-26(33-16-20)35-12-10-32-11-13-35/h2-9,14-18,32H,10-13H2,1H3,(H2,31,37)/t18-/m1/s1. The molecule has 39 heavy (non-hydrogen) atoms. The van der Waals surface area contributed by atoms with Crippen molar-refractivity contribution in [3.05, 3.63) is 88.7 Å². The zero-order chi connectivity index (χ0) is 26.9. The van der Waals surface area contributed by atoms with Gasteiger partial charge in [-0.2, -0.15) is 0 Å². The van der Waals surface area contributed by atoms with Crippen LogP contribution in [-0.2, 0) is 0 Å². The van der Waals surface area contributed by atoms with Crippen molar-refractivity contribution in [1.29, 1.82) is 0 Å². The first-order valence-corrected chi connectivity index (χ1v) is 13.9. The van der Waals surface area contributed by atoms with Crippen LogP contribution in [0.1, 0.15) is 28.3 Å². The largest absolute Gasteiger partial charge is 0.484 e. The predicted octanol–water partition coefficient (Wildman–Crippen LogP) is 5.45. The number of imidazole rings is 1. The maximum Gasteiger partial charge on any atom is 0.262 e. The van der Waals surface area contributed by atoms with E-state index in [9.17, 15) is 4.79 Å². The van der Waals surface area contributed by atoms with E-state index >= 15 is 0 Å². The zero-order valence-corrected chi connectivity index (χ0v) is 22.9. The highest BCUT2D eigenvalue weighted by Gasteiger charge is 2.21. The van der Waals surface area contributed by atoms with Crippen LogP contribution >= 0.6 is 22.9 Å². The van der Waals surface area contributed by atoms with Crippen LogP contribution in [0.15, 0.2) is 73.2 Å². The van der Waals surface area contributed by atoms with Gasteiger partial charge in [-0.05, 0) is 42.8 Å². The first kappa shape index (κ1) is 25.4. The van der Waals surface area contributed by atoms with Gasteiger partial charge in [-0.3, -0.25) is 9.36 Å². The lowest BCUT2D eigenvalue weighted by molar-refractivity contribution is 0.0998. The third-order valence-electron chi connectivity index (χ3n) is 6.86. The molecule has 2 aromatic carbocycles. The number of carbonyl (C=O) groups is 1. The van der Waals surface area contributed by atoms with Crippen molar-refractivity contribution in [1.82, 2.24) is 19.9 Å². The summed E-state index contributed by atoms with van der Waals surface area (Å²) in [7, 11) is 0. The third kappa shape index (κ3) is 5.08. The highest BCUT2D eigenvalue weighted by atomic mass is 35.5. The minimum absolute atomic E-state index is 0.345. The van der Waals surface area contributed by atoms with Crippen LogP contribution in [0.2, 0.25) is 5.02 Å². The molecule has 0 spiro atoms. The molecule has 10 heteroatoms. The van der Waals surface area contributed by atoms with Crippen molar-refractivity contribution in [2.75, 3.05) is 31.1 Å². The Labute approximate surface area is 235 Å². The Kier molecular flexibility index (Phi) is 6.95. The van der Waals surface area contributed by atoms with Gasteiger partial charge in [0.2, 0.25) is 0 Å². The van der Waals surface area contributed by atoms with E-state index in [2.05, 4.69) is 33.4 Å². The van der Waals surface area contributed by atoms with E-state index in [1.807, 2.05) is 60.2 Å². The lowest BCUT2D eigenvalue weighted by atomic mass is 10.1. The Bertz CT molecular complexity index is 1640. The number of ether oxygens (including phenoxy) is 1. The van der Waals surface area contributed by atoms with Crippen LogP contribution < -0.4 is 20.7 Å². The number of halogens is 1. The molecule has 5 aromatic rings. The summed E-state index contributed by atoms with van der Waals surface area (Å²) in [5, 5.41) is 4.75. The molecule has 198 valence electrons. The van der Waals surface area contributed by atoms with Crippen LogP contribution in [-0.4, -0.2) is 46.6 Å². The maximum atomic E-state index is 12.3. The topological polar surface area (TPSA) is 98.3 Å². The Morgan fingerprint density at radius 3 is 2.62 bits per heavy atom. The van der Waals surface area contributed by atoms with Gasteiger partial charge in [-0.15, -0.1) is 11.3 Å².